The van der Waals surface area contributed by atoms with E-state index < -0.39 is 10.0 Å². The number of nitrogens with two attached hydrogens (primary N) is 1. The third-order valence-corrected chi connectivity index (χ3v) is 6.58. The van der Waals surface area contributed by atoms with Gasteiger partial charge < -0.3 is 10.5 Å². The van der Waals surface area contributed by atoms with E-state index in [-0.39, 0.29) is 10.3 Å². The second-order valence-corrected chi connectivity index (χ2v) is 8.85. The van der Waals surface area contributed by atoms with Gasteiger partial charge in [-0.3, -0.25) is 0 Å². The smallest absolute Gasteiger partial charge is 0.246 e. The molecule has 0 spiro atoms. The monoisotopic (exact) mass is 376 g/mol. The Kier molecular flexibility index (Phi) is 4.56. The summed E-state index contributed by atoms with van der Waals surface area (Å²) in [6.45, 7) is 5.37. The summed E-state index contributed by atoms with van der Waals surface area (Å²) < 4.78 is 33.0. The molecule has 118 valence electrons. The van der Waals surface area contributed by atoms with Gasteiger partial charge in [0.1, 0.15) is 10.6 Å². The molecular weight excluding hydrogens is 356 g/mol. The molecule has 1 aliphatic heterocycles. The molecule has 1 fully saturated rings. The van der Waals surface area contributed by atoms with Crippen LogP contribution < -0.4 is 10.5 Å². The summed E-state index contributed by atoms with van der Waals surface area (Å²) in [4.78, 5) is 0.130. The topological polar surface area (TPSA) is 72.6 Å². The van der Waals surface area contributed by atoms with Gasteiger partial charge in [-0.15, -0.1) is 0 Å². The fraction of sp³-hybridized carbons (Fsp3) is 0.571. The van der Waals surface area contributed by atoms with Crippen LogP contribution in [0.25, 0.3) is 0 Å². The predicted molar refractivity (Wildman–Crippen MR) is 86.9 cm³/mol. The highest BCUT2D eigenvalue weighted by Crippen LogP contribution is 2.37. The minimum atomic E-state index is -3.59. The summed E-state index contributed by atoms with van der Waals surface area (Å²) in [7, 11) is -2.13. The third-order valence-electron chi connectivity index (χ3n) is 3.98. The number of sulfonamides is 1. The molecule has 0 aliphatic carbocycles. The number of nitrogen functional groups attached to an aromatic ring is 1. The maximum absolute atomic E-state index is 12.8. The van der Waals surface area contributed by atoms with Crippen molar-refractivity contribution in [2.75, 3.05) is 25.9 Å². The van der Waals surface area contributed by atoms with Crippen LogP contribution in [0.15, 0.2) is 21.5 Å². The fourth-order valence-corrected chi connectivity index (χ4v) is 4.32. The first-order chi connectivity index (χ1) is 9.67. The molecule has 1 heterocycles. The Labute approximate surface area is 134 Å². The van der Waals surface area contributed by atoms with Crippen molar-refractivity contribution in [3.8, 4) is 5.75 Å². The second kappa shape index (κ2) is 5.78. The molecule has 0 unspecified atom stereocenters. The zero-order valence-electron chi connectivity index (χ0n) is 12.5. The summed E-state index contributed by atoms with van der Waals surface area (Å²) in [6.07, 6.45) is 1.70. The molecule has 2 N–H and O–H groups in total. The standard InChI is InChI=1S/C14H21BrN2O3S/c1-14(2)4-6-17(7-5-14)21(18,19)13-9-11(16)10(15)8-12(13)20-3/h8-9H,4-7,16H2,1-3H3. The Morgan fingerprint density at radius 3 is 2.38 bits per heavy atom. The molecule has 1 aromatic carbocycles. The Balaban J connectivity index is 2.39. The Hall–Kier alpha value is -0.790. The molecule has 7 heteroatoms. The van der Waals surface area contributed by atoms with E-state index in [1.54, 1.807) is 6.07 Å². The van der Waals surface area contributed by atoms with Gasteiger partial charge >= 0.3 is 0 Å². The van der Waals surface area contributed by atoms with Gasteiger partial charge in [-0.25, -0.2) is 8.42 Å². The lowest BCUT2D eigenvalue weighted by Crippen LogP contribution is -2.41. The van der Waals surface area contributed by atoms with E-state index in [1.165, 1.54) is 17.5 Å². The van der Waals surface area contributed by atoms with Crippen LogP contribution in [0.2, 0.25) is 0 Å². The number of nitrogens with zero attached hydrogens (tertiary/aromatic N) is 1. The molecule has 0 radical (unpaired) electrons. The maximum atomic E-state index is 12.8. The van der Waals surface area contributed by atoms with Crippen molar-refractivity contribution in [3.63, 3.8) is 0 Å². The lowest BCUT2D eigenvalue weighted by Gasteiger charge is -2.36. The van der Waals surface area contributed by atoms with E-state index in [2.05, 4.69) is 29.8 Å². The van der Waals surface area contributed by atoms with Gasteiger partial charge in [0, 0.05) is 23.2 Å². The van der Waals surface area contributed by atoms with E-state index >= 15 is 0 Å². The highest BCUT2D eigenvalue weighted by Gasteiger charge is 2.34. The van der Waals surface area contributed by atoms with E-state index in [1.807, 2.05) is 0 Å². The SMILES string of the molecule is COc1cc(Br)c(N)cc1S(=O)(=O)N1CCC(C)(C)CC1. The lowest BCUT2D eigenvalue weighted by atomic mass is 9.83. The predicted octanol–water partition coefficient (Wildman–Crippen LogP) is 2.85. The van der Waals surface area contributed by atoms with Crippen molar-refractivity contribution in [2.24, 2.45) is 5.41 Å². The molecule has 0 amide bonds. The van der Waals surface area contributed by atoms with Crippen LogP contribution in [-0.2, 0) is 10.0 Å². The zero-order valence-corrected chi connectivity index (χ0v) is 14.9. The van der Waals surface area contributed by atoms with Crippen molar-refractivity contribution in [3.05, 3.63) is 16.6 Å². The van der Waals surface area contributed by atoms with Gasteiger partial charge in [0.2, 0.25) is 10.0 Å². The molecule has 0 aromatic heterocycles. The summed E-state index contributed by atoms with van der Waals surface area (Å²) in [5.74, 6) is 0.306. The highest BCUT2D eigenvalue weighted by atomic mass is 79.9. The number of halogens is 1. The summed E-state index contributed by atoms with van der Waals surface area (Å²) in [5.41, 5.74) is 6.40. The number of hydrogen-bond acceptors (Lipinski definition) is 4. The highest BCUT2D eigenvalue weighted by molar-refractivity contribution is 9.10. The van der Waals surface area contributed by atoms with Gasteiger partial charge in [-0.05, 0) is 46.3 Å². The molecular formula is C14H21BrN2O3S. The zero-order chi connectivity index (χ0) is 15.8. The molecule has 21 heavy (non-hydrogen) atoms. The quantitative estimate of drug-likeness (QED) is 0.823. The summed E-state index contributed by atoms with van der Waals surface area (Å²) in [6, 6.07) is 3.05. The number of piperidine rings is 1. The fourth-order valence-electron chi connectivity index (χ4n) is 2.38. The van der Waals surface area contributed by atoms with Crippen molar-refractivity contribution in [1.29, 1.82) is 0 Å². The van der Waals surface area contributed by atoms with Gasteiger partial charge in [0.15, 0.2) is 0 Å². The van der Waals surface area contributed by atoms with Crippen molar-refractivity contribution >= 4 is 31.6 Å². The van der Waals surface area contributed by atoms with Crippen LogP contribution in [-0.4, -0.2) is 32.9 Å². The lowest BCUT2D eigenvalue weighted by molar-refractivity contribution is 0.195. The van der Waals surface area contributed by atoms with Crippen molar-refractivity contribution in [2.45, 2.75) is 31.6 Å². The molecule has 1 saturated heterocycles. The first-order valence-corrected chi connectivity index (χ1v) is 9.04. The van der Waals surface area contributed by atoms with Crippen LogP contribution in [0.3, 0.4) is 0 Å². The Morgan fingerprint density at radius 2 is 1.86 bits per heavy atom. The minimum absolute atomic E-state index is 0.130. The Bertz CT molecular complexity index is 634. The Morgan fingerprint density at radius 1 is 1.29 bits per heavy atom. The van der Waals surface area contributed by atoms with E-state index in [9.17, 15) is 8.42 Å². The van der Waals surface area contributed by atoms with Crippen LogP contribution in [0.1, 0.15) is 26.7 Å². The average molecular weight is 377 g/mol. The molecule has 1 aromatic rings. The first-order valence-electron chi connectivity index (χ1n) is 6.80. The van der Waals surface area contributed by atoms with E-state index in [0.717, 1.165) is 12.8 Å². The summed E-state index contributed by atoms with van der Waals surface area (Å²) in [5, 5.41) is 0. The van der Waals surface area contributed by atoms with Gasteiger partial charge in [0.05, 0.1) is 7.11 Å². The van der Waals surface area contributed by atoms with Crippen LogP contribution in [0.5, 0.6) is 5.75 Å². The first kappa shape index (κ1) is 16.6. The average Bonchev–Trinajstić information content (AvgIpc) is 2.40. The van der Waals surface area contributed by atoms with Gasteiger partial charge in [0.25, 0.3) is 0 Å². The summed E-state index contributed by atoms with van der Waals surface area (Å²) >= 11 is 3.29. The molecule has 1 aliphatic rings. The van der Waals surface area contributed by atoms with E-state index in [4.69, 9.17) is 10.5 Å². The molecule has 2 rings (SSSR count). The number of hydrogen-bond donors (Lipinski definition) is 1. The number of rotatable bonds is 3. The van der Waals surface area contributed by atoms with Crippen LogP contribution in [0, 0.1) is 5.41 Å². The number of ether oxygens (including phenoxy) is 1. The van der Waals surface area contributed by atoms with Crippen LogP contribution >= 0.6 is 15.9 Å². The van der Waals surface area contributed by atoms with Gasteiger partial charge in [-0.1, -0.05) is 13.8 Å². The number of anilines is 1. The third kappa shape index (κ3) is 3.35. The largest absolute Gasteiger partial charge is 0.495 e. The van der Waals surface area contributed by atoms with Crippen molar-refractivity contribution in [1.82, 2.24) is 4.31 Å². The van der Waals surface area contributed by atoms with Crippen molar-refractivity contribution < 1.29 is 13.2 Å². The number of methoxy groups -OCH3 is 1. The second-order valence-electron chi connectivity index (χ2n) is 6.09. The molecule has 0 bridgehead atoms. The molecule has 0 saturated carbocycles. The molecule has 0 atom stereocenters. The number of benzene rings is 1. The normalized spacial score (nSPS) is 19.4. The molecule has 5 nitrogen and oxygen atoms in total. The van der Waals surface area contributed by atoms with E-state index in [0.29, 0.717) is 29.0 Å². The maximum Gasteiger partial charge on any atom is 0.246 e. The van der Waals surface area contributed by atoms with Gasteiger partial charge in [-0.2, -0.15) is 4.31 Å². The van der Waals surface area contributed by atoms with Crippen LogP contribution in [0.4, 0.5) is 5.69 Å². The minimum Gasteiger partial charge on any atom is -0.495 e.